The van der Waals surface area contributed by atoms with Crippen molar-refractivity contribution in [1.29, 1.82) is 0 Å². The average molecular weight is 491 g/mol. The van der Waals surface area contributed by atoms with Crippen LogP contribution in [0, 0.1) is 0 Å². The summed E-state index contributed by atoms with van der Waals surface area (Å²) in [6.45, 7) is 9.32. The first-order valence-electron chi connectivity index (χ1n) is 16.5. The van der Waals surface area contributed by atoms with Gasteiger partial charge in [0.2, 0.25) is 0 Å². The van der Waals surface area contributed by atoms with Crippen LogP contribution < -0.4 is 0 Å². The fourth-order valence-electron chi connectivity index (χ4n) is 5.74. The van der Waals surface area contributed by atoms with Crippen LogP contribution in [-0.2, 0) is 0 Å². The van der Waals surface area contributed by atoms with Crippen molar-refractivity contribution >= 4 is 0 Å². The summed E-state index contributed by atoms with van der Waals surface area (Å²) >= 11 is 0. The third-order valence-electron chi connectivity index (χ3n) is 8.17. The summed E-state index contributed by atoms with van der Waals surface area (Å²) in [5, 5.41) is 0. The van der Waals surface area contributed by atoms with Crippen molar-refractivity contribution in [3.63, 3.8) is 0 Å². The zero-order chi connectivity index (χ0) is 25.2. The maximum absolute atomic E-state index is 2.65. The Morgan fingerprint density at radius 1 is 0.400 bits per heavy atom. The smallest absolute Gasteiger partial charge is 0.101 e. The van der Waals surface area contributed by atoms with E-state index in [0.29, 0.717) is 6.17 Å². The van der Waals surface area contributed by atoms with E-state index in [0.717, 1.165) is 6.54 Å². The number of unbranched alkanes of at least 4 members (excludes halogenated alkanes) is 22. The van der Waals surface area contributed by atoms with Crippen LogP contribution >= 0.6 is 0 Å². The van der Waals surface area contributed by atoms with Gasteiger partial charge in [0, 0.05) is 25.5 Å². The van der Waals surface area contributed by atoms with Gasteiger partial charge in [0.25, 0.3) is 0 Å². The van der Waals surface area contributed by atoms with Crippen molar-refractivity contribution < 1.29 is 0 Å². The highest BCUT2D eigenvalue weighted by Crippen LogP contribution is 2.23. The Morgan fingerprint density at radius 2 is 0.743 bits per heavy atom. The Balaban J connectivity index is 1.93. The summed E-state index contributed by atoms with van der Waals surface area (Å²) in [6.07, 6.45) is 41.3. The van der Waals surface area contributed by atoms with Gasteiger partial charge in [-0.3, -0.25) is 0 Å². The molecule has 0 spiro atoms. The van der Waals surface area contributed by atoms with E-state index in [1.54, 1.807) is 0 Å². The molecule has 2 nitrogen and oxygen atoms in total. The number of hydrogen-bond acceptors (Lipinski definition) is 2. The fraction of sp³-hybridized carbons (Fsp3) is 0.939. The molecule has 0 radical (unpaired) electrons. The van der Waals surface area contributed by atoms with Gasteiger partial charge >= 0.3 is 0 Å². The van der Waals surface area contributed by atoms with Crippen LogP contribution in [0.5, 0.6) is 0 Å². The third-order valence-corrected chi connectivity index (χ3v) is 8.17. The molecule has 0 aromatic rings. The molecule has 0 saturated carbocycles. The highest BCUT2D eigenvalue weighted by molar-refractivity contribution is 4.96. The molecule has 0 aromatic carbocycles. The predicted molar refractivity (Wildman–Crippen MR) is 159 cm³/mol. The van der Waals surface area contributed by atoms with Gasteiger partial charge in [-0.1, -0.05) is 155 Å². The zero-order valence-electron chi connectivity index (χ0n) is 24.7. The summed E-state index contributed by atoms with van der Waals surface area (Å²) in [5.74, 6) is 0. The lowest BCUT2D eigenvalue weighted by molar-refractivity contribution is 0.142. The van der Waals surface area contributed by atoms with Crippen molar-refractivity contribution in [3.8, 4) is 0 Å². The van der Waals surface area contributed by atoms with Crippen molar-refractivity contribution in [1.82, 2.24) is 9.80 Å². The Kier molecular flexibility index (Phi) is 23.1. The van der Waals surface area contributed by atoms with E-state index in [9.17, 15) is 0 Å². The minimum Gasteiger partial charge on any atom is -0.356 e. The van der Waals surface area contributed by atoms with Crippen LogP contribution in [-0.4, -0.2) is 29.1 Å². The lowest BCUT2D eigenvalue weighted by atomic mass is 10.0. The monoisotopic (exact) mass is 491 g/mol. The number of nitrogens with zero attached hydrogens (tertiary/aromatic N) is 2. The van der Waals surface area contributed by atoms with E-state index < -0.39 is 0 Å². The molecular weight excluding hydrogens is 424 g/mol. The second-order valence-corrected chi connectivity index (χ2v) is 11.4. The normalized spacial score (nSPS) is 15.6. The largest absolute Gasteiger partial charge is 0.356 e. The SMILES string of the molecule is CCCCCCCCCCCCCCCCCCN1C=CN(CC)C1CCCCCCCCCC. The average Bonchev–Trinajstić information content (AvgIpc) is 3.27. The molecule has 1 unspecified atom stereocenters. The zero-order valence-corrected chi connectivity index (χ0v) is 24.7. The van der Waals surface area contributed by atoms with Crippen molar-refractivity contribution in [2.45, 2.75) is 187 Å². The van der Waals surface area contributed by atoms with E-state index >= 15 is 0 Å². The van der Waals surface area contributed by atoms with Gasteiger partial charge in [0.15, 0.2) is 0 Å². The minimum atomic E-state index is 0.636. The second kappa shape index (κ2) is 25.0. The molecule has 0 aliphatic carbocycles. The molecule has 0 fully saturated rings. The topological polar surface area (TPSA) is 6.48 Å². The molecule has 0 aromatic heterocycles. The first-order valence-corrected chi connectivity index (χ1v) is 16.5. The minimum absolute atomic E-state index is 0.636. The standard InChI is InChI=1S/C33H66N2/c1-4-7-9-11-13-15-16-17-18-19-20-21-22-24-26-28-30-35-32-31-34(6-3)33(35)29-27-25-23-14-12-10-8-5-2/h31-33H,4-30H2,1-3H3. The highest BCUT2D eigenvalue weighted by atomic mass is 15.4. The number of hydrogen-bond donors (Lipinski definition) is 0. The summed E-state index contributed by atoms with van der Waals surface area (Å²) in [7, 11) is 0. The summed E-state index contributed by atoms with van der Waals surface area (Å²) in [5.41, 5.74) is 0. The molecular formula is C33H66N2. The Labute approximate surface area is 222 Å². The molecule has 2 heteroatoms. The van der Waals surface area contributed by atoms with Gasteiger partial charge in [-0.2, -0.15) is 0 Å². The molecule has 0 amide bonds. The van der Waals surface area contributed by atoms with Gasteiger partial charge in [-0.05, 0) is 26.2 Å². The van der Waals surface area contributed by atoms with E-state index in [4.69, 9.17) is 0 Å². The van der Waals surface area contributed by atoms with Crippen molar-refractivity contribution in [2.75, 3.05) is 13.1 Å². The lowest BCUT2D eigenvalue weighted by Crippen LogP contribution is -2.38. The van der Waals surface area contributed by atoms with E-state index in [2.05, 4.69) is 43.0 Å². The highest BCUT2D eigenvalue weighted by Gasteiger charge is 2.23. The summed E-state index contributed by atoms with van der Waals surface area (Å²) in [4.78, 5) is 5.21. The maximum Gasteiger partial charge on any atom is 0.101 e. The van der Waals surface area contributed by atoms with Gasteiger partial charge < -0.3 is 9.80 Å². The maximum atomic E-state index is 2.65. The number of rotatable bonds is 27. The fourth-order valence-corrected chi connectivity index (χ4v) is 5.74. The van der Waals surface area contributed by atoms with Crippen LogP contribution in [0.15, 0.2) is 12.4 Å². The molecule has 0 bridgehead atoms. The first kappa shape index (κ1) is 32.4. The third kappa shape index (κ3) is 18.3. The van der Waals surface area contributed by atoms with E-state index in [-0.39, 0.29) is 0 Å². The Morgan fingerprint density at radius 3 is 1.14 bits per heavy atom. The van der Waals surface area contributed by atoms with Crippen LogP contribution in [0.1, 0.15) is 181 Å². The molecule has 1 aliphatic rings. The van der Waals surface area contributed by atoms with Gasteiger partial charge in [-0.15, -0.1) is 0 Å². The summed E-state index contributed by atoms with van der Waals surface area (Å²) < 4.78 is 0. The van der Waals surface area contributed by atoms with Crippen LogP contribution in [0.3, 0.4) is 0 Å². The van der Waals surface area contributed by atoms with Gasteiger partial charge in [0.05, 0.1) is 0 Å². The van der Waals surface area contributed by atoms with Gasteiger partial charge in [-0.25, -0.2) is 0 Å². The van der Waals surface area contributed by atoms with Crippen LogP contribution in [0.2, 0.25) is 0 Å². The van der Waals surface area contributed by atoms with Crippen molar-refractivity contribution in [2.24, 2.45) is 0 Å². The van der Waals surface area contributed by atoms with E-state index in [1.165, 1.54) is 167 Å². The Bertz CT molecular complexity index is 446. The molecule has 1 heterocycles. The van der Waals surface area contributed by atoms with Crippen LogP contribution in [0.4, 0.5) is 0 Å². The molecule has 35 heavy (non-hydrogen) atoms. The predicted octanol–water partition coefficient (Wildman–Crippen LogP) is 11.2. The quantitative estimate of drug-likeness (QED) is 0.106. The second-order valence-electron chi connectivity index (χ2n) is 11.4. The first-order chi connectivity index (χ1) is 17.3. The molecule has 1 aliphatic heterocycles. The molecule has 0 saturated heterocycles. The van der Waals surface area contributed by atoms with Gasteiger partial charge in [0.1, 0.15) is 6.17 Å². The summed E-state index contributed by atoms with van der Waals surface area (Å²) in [6, 6.07) is 0. The van der Waals surface area contributed by atoms with E-state index in [1.807, 2.05) is 0 Å². The Hall–Kier alpha value is -0.660. The van der Waals surface area contributed by atoms with Crippen LogP contribution in [0.25, 0.3) is 0 Å². The molecule has 1 atom stereocenters. The molecule has 1 rings (SSSR count). The van der Waals surface area contributed by atoms with Crippen molar-refractivity contribution in [3.05, 3.63) is 12.4 Å². The molecule has 0 N–H and O–H groups in total. The lowest BCUT2D eigenvalue weighted by Gasteiger charge is -2.32. The molecule has 208 valence electrons.